The molecule has 1 aromatic heterocycles. The van der Waals surface area contributed by atoms with Gasteiger partial charge in [-0.2, -0.15) is 0 Å². The zero-order chi connectivity index (χ0) is 12.7. The SMILES string of the molecule is CCNc1cnc(COC(C)CC(C)C)cn1. The van der Waals surface area contributed by atoms with Gasteiger partial charge in [-0.05, 0) is 26.2 Å². The van der Waals surface area contributed by atoms with Crippen LogP contribution >= 0.6 is 0 Å². The van der Waals surface area contributed by atoms with Crippen LogP contribution in [0.5, 0.6) is 0 Å². The second-order valence-electron chi connectivity index (χ2n) is 4.67. The third-order valence-corrected chi connectivity index (χ3v) is 2.38. The molecule has 4 heteroatoms. The van der Waals surface area contributed by atoms with E-state index in [4.69, 9.17) is 4.74 Å². The van der Waals surface area contributed by atoms with Gasteiger partial charge in [0.05, 0.1) is 30.8 Å². The third-order valence-electron chi connectivity index (χ3n) is 2.38. The number of nitrogens with zero attached hydrogens (tertiary/aromatic N) is 2. The van der Waals surface area contributed by atoms with Gasteiger partial charge in [-0.25, -0.2) is 4.98 Å². The number of nitrogens with one attached hydrogen (secondary N) is 1. The van der Waals surface area contributed by atoms with Gasteiger partial charge in [0.1, 0.15) is 5.82 Å². The molecule has 0 spiro atoms. The Morgan fingerprint density at radius 2 is 2.00 bits per heavy atom. The Labute approximate surface area is 104 Å². The lowest BCUT2D eigenvalue weighted by atomic mass is 10.1. The molecule has 0 amide bonds. The molecule has 0 aliphatic heterocycles. The van der Waals surface area contributed by atoms with Gasteiger partial charge in [0.15, 0.2) is 0 Å². The van der Waals surface area contributed by atoms with E-state index in [0.29, 0.717) is 12.5 Å². The van der Waals surface area contributed by atoms with Crippen molar-refractivity contribution in [2.24, 2.45) is 5.92 Å². The molecule has 0 saturated carbocycles. The minimum atomic E-state index is 0.269. The third kappa shape index (κ3) is 5.63. The summed E-state index contributed by atoms with van der Waals surface area (Å²) < 4.78 is 5.72. The predicted molar refractivity (Wildman–Crippen MR) is 69.9 cm³/mol. The minimum absolute atomic E-state index is 0.269. The molecule has 1 atom stereocenters. The fraction of sp³-hybridized carbons (Fsp3) is 0.692. The van der Waals surface area contributed by atoms with Gasteiger partial charge in [-0.15, -0.1) is 0 Å². The summed E-state index contributed by atoms with van der Waals surface area (Å²) in [6, 6.07) is 0. The average Bonchev–Trinajstić information content (AvgIpc) is 2.28. The van der Waals surface area contributed by atoms with Crippen molar-refractivity contribution in [2.75, 3.05) is 11.9 Å². The molecule has 0 saturated heterocycles. The number of ether oxygens (including phenoxy) is 1. The first-order chi connectivity index (χ1) is 8.11. The Morgan fingerprint density at radius 3 is 2.53 bits per heavy atom. The molecule has 1 N–H and O–H groups in total. The van der Waals surface area contributed by atoms with E-state index in [1.54, 1.807) is 12.4 Å². The molecule has 0 fully saturated rings. The Bertz CT molecular complexity index is 311. The summed E-state index contributed by atoms with van der Waals surface area (Å²) in [5.41, 5.74) is 0.877. The summed E-state index contributed by atoms with van der Waals surface area (Å²) in [4.78, 5) is 8.55. The van der Waals surface area contributed by atoms with Crippen molar-refractivity contribution in [3.8, 4) is 0 Å². The highest BCUT2D eigenvalue weighted by Gasteiger charge is 2.06. The van der Waals surface area contributed by atoms with Gasteiger partial charge < -0.3 is 10.1 Å². The normalized spacial score (nSPS) is 12.8. The lowest BCUT2D eigenvalue weighted by Gasteiger charge is -2.14. The highest BCUT2D eigenvalue weighted by atomic mass is 16.5. The largest absolute Gasteiger partial charge is 0.372 e. The van der Waals surface area contributed by atoms with Gasteiger partial charge in [0, 0.05) is 6.54 Å². The molecule has 17 heavy (non-hydrogen) atoms. The van der Waals surface area contributed by atoms with E-state index >= 15 is 0 Å². The fourth-order valence-corrected chi connectivity index (χ4v) is 1.66. The highest BCUT2D eigenvalue weighted by molar-refractivity contribution is 5.30. The van der Waals surface area contributed by atoms with E-state index in [9.17, 15) is 0 Å². The van der Waals surface area contributed by atoms with Crippen LogP contribution in [0.15, 0.2) is 12.4 Å². The van der Waals surface area contributed by atoms with E-state index in [1.807, 2.05) is 6.92 Å². The summed E-state index contributed by atoms with van der Waals surface area (Å²) in [5.74, 6) is 1.47. The number of anilines is 1. The van der Waals surface area contributed by atoms with E-state index in [-0.39, 0.29) is 6.10 Å². The maximum atomic E-state index is 5.72. The lowest BCUT2D eigenvalue weighted by Crippen LogP contribution is -2.12. The van der Waals surface area contributed by atoms with Crippen molar-refractivity contribution in [1.29, 1.82) is 0 Å². The van der Waals surface area contributed by atoms with Crippen LogP contribution in [0.4, 0.5) is 5.82 Å². The number of hydrogen-bond acceptors (Lipinski definition) is 4. The smallest absolute Gasteiger partial charge is 0.144 e. The second kappa shape index (κ2) is 7.22. The van der Waals surface area contributed by atoms with Gasteiger partial charge >= 0.3 is 0 Å². The second-order valence-corrected chi connectivity index (χ2v) is 4.67. The monoisotopic (exact) mass is 237 g/mol. The standard InChI is InChI=1S/C13H23N3O/c1-5-14-13-8-15-12(7-16-13)9-17-11(4)6-10(2)3/h7-8,10-11H,5-6,9H2,1-4H3,(H,14,16). The average molecular weight is 237 g/mol. The maximum absolute atomic E-state index is 5.72. The Morgan fingerprint density at radius 1 is 1.24 bits per heavy atom. The molecule has 0 aliphatic rings. The molecule has 0 bridgehead atoms. The van der Waals surface area contributed by atoms with Crippen molar-refractivity contribution in [1.82, 2.24) is 9.97 Å². The van der Waals surface area contributed by atoms with Crippen LogP contribution in [0.2, 0.25) is 0 Å². The van der Waals surface area contributed by atoms with Crippen molar-refractivity contribution < 1.29 is 4.74 Å². The highest BCUT2D eigenvalue weighted by Crippen LogP contribution is 2.10. The summed E-state index contributed by atoms with van der Waals surface area (Å²) >= 11 is 0. The van der Waals surface area contributed by atoms with Gasteiger partial charge in [-0.3, -0.25) is 4.98 Å². The molecule has 96 valence electrons. The van der Waals surface area contributed by atoms with Crippen LogP contribution in [0.1, 0.15) is 39.8 Å². The Kier molecular flexibility index (Phi) is 5.91. The van der Waals surface area contributed by atoms with E-state index in [0.717, 1.165) is 24.5 Å². The predicted octanol–water partition coefficient (Wildman–Crippen LogP) is 2.86. The molecule has 0 aromatic carbocycles. The summed E-state index contributed by atoms with van der Waals surface area (Å²) in [5, 5.41) is 3.11. The first-order valence-electron chi connectivity index (χ1n) is 6.28. The molecule has 1 aromatic rings. The fourth-order valence-electron chi connectivity index (χ4n) is 1.66. The molecule has 1 heterocycles. The molecule has 1 unspecified atom stereocenters. The summed E-state index contributed by atoms with van der Waals surface area (Å²) in [6.45, 7) is 9.92. The van der Waals surface area contributed by atoms with Crippen LogP contribution in [-0.2, 0) is 11.3 Å². The van der Waals surface area contributed by atoms with Crippen molar-refractivity contribution in [3.63, 3.8) is 0 Å². The van der Waals surface area contributed by atoms with Crippen LogP contribution in [-0.4, -0.2) is 22.6 Å². The lowest BCUT2D eigenvalue weighted by molar-refractivity contribution is 0.0377. The molecular weight excluding hydrogens is 214 g/mol. The first kappa shape index (κ1) is 13.9. The van der Waals surface area contributed by atoms with Crippen LogP contribution in [0, 0.1) is 5.92 Å². The number of aromatic nitrogens is 2. The molecule has 0 radical (unpaired) electrons. The van der Waals surface area contributed by atoms with Gasteiger partial charge in [-0.1, -0.05) is 13.8 Å². The van der Waals surface area contributed by atoms with E-state index in [2.05, 4.69) is 36.1 Å². The van der Waals surface area contributed by atoms with E-state index in [1.165, 1.54) is 0 Å². The van der Waals surface area contributed by atoms with Crippen molar-refractivity contribution in [2.45, 2.75) is 46.8 Å². The topological polar surface area (TPSA) is 47.0 Å². The van der Waals surface area contributed by atoms with Crippen LogP contribution in [0.3, 0.4) is 0 Å². The quantitative estimate of drug-likeness (QED) is 0.792. The Balaban J connectivity index is 2.36. The zero-order valence-corrected chi connectivity index (χ0v) is 11.2. The maximum Gasteiger partial charge on any atom is 0.144 e. The van der Waals surface area contributed by atoms with Gasteiger partial charge in [0.2, 0.25) is 0 Å². The van der Waals surface area contributed by atoms with Crippen LogP contribution < -0.4 is 5.32 Å². The summed E-state index contributed by atoms with van der Waals surface area (Å²) in [7, 11) is 0. The zero-order valence-electron chi connectivity index (χ0n) is 11.2. The molecule has 1 rings (SSSR count). The van der Waals surface area contributed by atoms with Crippen molar-refractivity contribution >= 4 is 5.82 Å². The van der Waals surface area contributed by atoms with Crippen LogP contribution in [0.25, 0.3) is 0 Å². The molecule has 4 nitrogen and oxygen atoms in total. The first-order valence-corrected chi connectivity index (χ1v) is 6.28. The molecular formula is C13H23N3O. The summed E-state index contributed by atoms with van der Waals surface area (Å²) in [6.07, 6.45) is 4.85. The Hall–Kier alpha value is -1.16. The number of hydrogen-bond donors (Lipinski definition) is 1. The minimum Gasteiger partial charge on any atom is -0.372 e. The number of rotatable bonds is 7. The molecule has 0 aliphatic carbocycles. The van der Waals surface area contributed by atoms with E-state index < -0.39 is 0 Å². The van der Waals surface area contributed by atoms with Crippen molar-refractivity contribution in [3.05, 3.63) is 18.1 Å². The van der Waals surface area contributed by atoms with Gasteiger partial charge in [0.25, 0.3) is 0 Å².